The number of thioether (sulfide) groups is 1. The highest BCUT2D eigenvalue weighted by atomic mass is 35.5. The van der Waals surface area contributed by atoms with Crippen LogP contribution in [0.4, 0.5) is 5.69 Å². The molecule has 1 amide bonds. The lowest BCUT2D eigenvalue weighted by molar-refractivity contribution is -0.115. The molecule has 160 valence electrons. The number of nitrogens with zero attached hydrogens (tertiary/aromatic N) is 1. The van der Waals surface area contributed by atoms with Crippen LogP contribution in [0.3, 0.4) is 0 Å². The van der Waals surface area contributed by atoms with Crippen LogP contribution in [-0.2, 0) is 11.4 Å². The van der Waals surface area contributed by atoms with Gasteiger partial charge in [-0.2, -0.15) is 0 Å². The van der Waals surface area contributed by atoms with Crippen LogP contribution in [0.5, 0.6) is 5.75 Å². The second kappa shape index (κ2) is 9.72. The molecule has 4 rings (SSSR count). The van der Waals surface area contributed by atoms with E-state index in [1.807, 2.05) is 36.4 Å². The fourth-order valence-corrected chi connectivity index (χ4v) is 3.97. The number of carbonyl (C=O) groups is 2. The first-order valence-electron chi connectivity index (χ1n) is 9.57. The molecular weight excluding hydrogens is 448 g/mol. The van der Waals surface area contributed by atoms with Crippen molar-refractivity contribution in [3.05, 3.63) is 99.4 Å². The van der Waals surface area contributed by atoms with E-state index in [1.165, 1.54) is 23.9 Å². The van der Waals surface area contributed by atoms with Crippen LogP contribution >= 0.6 is 23.4 Å². The van der Waals surface area contributed by atoms with Crippen LogP contribution in [0, 0.1) is 0 Å². The highest BCUT2D eigenvalue weighted by molar-refractivity contribution is 8.18. The molecule has 3 aromatic rings. The number of amidine groups is 1. The van der Waals surface area contributed by atoms with Gasteiger partial charge < -0.3 is 15.2 Å². The lowest BCUT2D eigenvalue weighted by Crippen LogP contribution is -2.19. The van der Waals surface area contributed by atoms with Gasteiger partial charge in [-0.1, -0.05) is 48.0 Å². The van der Waals surface area contributed by atoms with Gasteiger partial charge in [-0.05, 0) is 65.4 Å². The van der Waals surface area contributed by atoms with Gasteiger partial charge in [0, 0.05) is 0 Å². The molecule has 32 heavy (non-hydrogen) atoms. The van der Waals surface area contributed by atoms with Crippen molar-refractivity contribution < 1.29 is 19.4 Å². The van der Waals surface area contributed by atoms with E-state index in [-0.39, 0.29) is 18.1 Å². The van der Waals surface area contributed by atoms with Gasteiger partial charge in [0.1, 0.15) is 12.4 Å². The monoisotopic (exact) mass is 464 g/mol. The summed E-state index contributed by atoms with van der Waals surface area (Å²) in [6, 6.07) is 21.1. The van der Waals surface area contributed by atoms with Gasteiger partial charge in [-0.25, -0.2) is 9.79 Å². The normalized spacial score (nSPS) is 15.7. The summed E-state index contributed by atoms with van der Waals surface area (Å²) in [7, 11) is 0. The number of hydrogen-bond acceptors (Lipinski definition) is 5. The highest BCUT2D eigenvalue weighted by Gasteiger charge is 2.23. The van der Waals surface area contributed by atoms with E-state index in [0.29, 0.717) is 20.8 Å². The molecule has 3 aromatic carbocycles. The first-order chi connectivity index (χ1) is 15.5. The maximum atomic E-state index is 12.3. The van der Waals surface area contributed by atoms with Crippen molar-refractivity contribution in [3.63, 3.8) is 0 Å². The number of halogens is 1. The van der Waals surface area contributed by atoms with Crippen LogP contribution in [-0.4, -0.2) is 22.2 Å². The molecule has 1 aliphatic heterocycles. The van der Waals surface area contributed by atoms with E-state index in [2.05, 4.69) is 10.3 Å². The zero-order valence-corrected chi connectivity index (χ0v) is 18.2. The Balaban J connectivity index is 1.42. The molecular formula is C24H17ClN2O4S. The Kier molecular flexibility index (Phi) is 6.58. The molecule has 0 saturated carbocycles. The van der Waals surface area contributed by atoms with Gasteiger partial charge in [0.2, 0.25) is 0 Å². The second-order valence-electron chi connectivity index (χ2n) is 6.80. The predicted octanol–water partition coefficient (Wildman–Crippen LogP) is 5.51. The number of ether oxygens (including phenoxy) is 1. The van der Waals surface area contributed by atoms with E-state index in [0.717, 1.165) is 16.8 Å². The Morgan fingerprint density at radius 1 is 1.09 bits per heavy atom. The number of amides is 1. The molecule has 0 spiro atoms. The Hall–Kier alpha value is -3.55. The third-order valence-corrected chi connectivity index (χ3v) is 5.69. The summed E-state index contributed by atoms with van der Waals surface area (Å²) in [6.45, 7) is 0.248. The molecule has 0 radical (unpaired) electrons. The number of hydrogen-bond donors (Lipinski definition) is 2. The largest absolute Gasteiger partial charge is 0.487 e. The third-order valence-electron chi connectivity index (χ3n) is 4.49. The lowest BCUT2D eigenvalue weighted by atomic mass is 10.1. The Morgan fingerprint density at radius 3 is 2.53 bits per heavy atom. The van der Waals surface area contributed by atoms with Gasteiger partial charge in [-0.15, -0.1) is 0 Å². The molecule has 1 aliphatic rings. The Bertz CT molecular complexity index is 1220. The summed E-state index contributed by atoms with van der Waals surface area (Å²) in [4.78, 5) is 28.2. The van der Waals surface area contributed by atoms with Crippen LogP contribution in [0.15, 0.2) is 82.7 Å². The first-order valence-corrected chi connectivity index (χ1v) is 10.8. The van der Waals surface area contributed by atoms with Gasteiger partial charge in [0.25, 0.3) is 5.91 Å². The molecule has 0 unspecified atom stereocenters. The van der Waals surface area contributed by atoms with Crippen LogP contribution in [0.2, 0.25) is 5.02 Å². The van der Waals surface area contributed by atoms with Crippen molar-refractivity contribution in [3.8, 4) is 5.75 Å². The Morgan fingerprint density at radius 2 is 1.84 bits per heavy atom. The van der Waals surface area contributed by atoms with Gasteiger partial charge in [0.05, 0.1) is 21.2 Å². The topological polar surface area (TPSA) is 88.0 Å². The smallest absolute Gasteiger partial charge is 0.335 e. The molecule has 0 atom stereocenters. The van der Waals surface area contributed by atoms with Gasteiger partial charge in [-0.3, -0.25) is 4.79 Å². The maximum absolute atomic E-state index is 12.3. The quantitative estimate of drug-likeness (QED) is 0.470. The third kappa shape index (κ3) is 5.38. The SMILES string of the molecule is O=C1NC(=Nc2ccccc2)SC1=Cc1ccc(OCc2ccc(C(=O)O)cc2)c(Cl)c1. The zero-order valence-electron chi connectivity index (χ0n) is 16.6. The number of aromatic carboxylic acids is 1. The summed E-state index contributed by atoms with van der Waals surface area (Å²) in [5.41, 5.74) is 2.56. The number of nitrogens with one attached hydrogen (secondary N) is 1. The standard InChI is InChI=1S/C24H17ClN2O4S/c25-19-12-16(8-11-20(19)31-14-15-6-9-17(10-7-15)23(29)30)13-21-22(28)27-24(32-21)26-18-4-2-1-3-5-18/h1-13H,14H2,(H,29,30)(H,26,27,28). The molecule has 0 bridgehead atoms. The van der Waals surface area contributed by atoms with E-state index >= 15 is 0 Å². The van der Waals surface area contributed by atoms with Crippen molar-refractivity contribution in [1.29, 1.82) is 0 Å². The predicted molar refractivity (Wildman–Crippen MR) is 126 cm³/mol. The number of para-hydroxylation sites is 1. The van der Waals surface area contributed by atoms with Gasteiger partial charge in [0.15, 0.2) is 5.17 Å². The van der Waals surface area contributed by atoms with Crippen molar-refractivity contribution in [1.82, 2.24) is 5.32 Å². The van der Waals surface area contributed by atoms with Crippen LogP contribution < -0.4 is 10.1 Å². The minimum absolute atomic E-state index is 0.217. The number of carboxylic acids is 1. The van der Waals surface area contributed by atoms with Crippen LogP contribution in [0.1, 0.15) is 21.5 Å². The van der Waals surface area contributed by atoms with Crippen molar-refractivity contribution in [2.45, 2.75) is 6.61 Å². The number of rotatable bonds is 6. The summed E-state index contributed by atoms with van der Waals surface area (Å²) < 4.78 is 5.75. The average Bonchev–Trinajstić information content (AvgIpc) is 3.12. The van der Waals surface area contributed by atoms with Gasteiger partial charge >= 0.3 is 5.97 Å². The molecule has 0 aliphatic carbocycles. The minimum Gasteiger partial charge on any atom is -0.487 e. The number of carboxylic acid groups (broad SMARTS) is 1. The van der Waals surface area contributed by atoms with Crippen LogP contribution in [0.25, 0.3) is 6.08 Å². The van der Waals surface area contributed by atoms with E-state index in [4.69, 9.17) is 21.4 Å². The molecule has 1 heterocycles. The molecule has 1 fully saturated rings. The number of benzene rings is 3. The highest BCUT2D eigenvalue weighted by Crippen LogP contribution is 2.31. The minimum atomic E-state index is -0.974. The summed E-state index contributed by atoms with van der Waals surface area (Å²) in [5, 5.41) is 12.6. The maximum Gasteiger partial charge on any atom is 0.335 e. The molecule has 8 heteroatoms. The molecule has 2 N–H and O–H groups in total. The summed E-state index contributed by atoms with van der Waals surface area (Å²) in [5.74, 6) is -0.699. The second-order valence-corrected chi connectivity index (χ2v) is 8.24. The average molecular weight is 465 g/mol. The molecule has 1 saturated heterocycles. The molecule has 0 aromatic heterocycles. The fourth-order valence-electron chi connectivity index (χ4n) is 2.88. The number of aliphatic imine (C=N–C) groups is 1. The zero-order chi connectivity index (χ0) is 22.5. The summed E-state index contributed by atoms with van der Waals surface area (Å²) >= 11 is 7.62. The van der Waals surface area contributed by atoms with Crippen molar-refractivity contribution in [2.75, 3.05) is 0 Å². The fraction of sp³-hybridized carbons (Fsp3) is 0.0417. The number of carbonyl (C=O) groups excluding carboxylic acids is 1. The van der Waals surface area contributed by atoms with Crippen molar-refractivity contribution in [2.24, 2.45) is 4.99 Å². The Labute approximate surface area is 193 Å². The summed E-state index contributed by atoms with van der Waals surface area (Å²) in [6.07, 6.45) is 1.74. The first kappa shape index (κ1) is 21.7. The van der Waals surface area contributed by atoms with E-state index in [1.54, 1.807) is 30.3 Å². The van der Waals surface area contributed by atoms with E-state index < -0.39 is 5.97 Å². The van der Waals surface area contributed by atoms with Crippen molar-refractivity contribution >= 4 is 52.2 Å². The van der Waals surface area contributed by atoms with E-state index in [9.17, 15) is 9.59 Å². The molecule has 6 nitrogen and oxygen atoms in total. The lowest BCUT2D eigenvalue weighted by Gasteiger charge is -2.09.